The number of esters is 2. The van der Waals surface area contributed by atoms with Gasteiger partial charge in [-0.25, -0.2) is 0 Å². The van der Waals surface area contributed by atoms with E-state index in [1.807, 2.05) is 6.92 Å². The lowest BCUT2D eigenvalue weighted by molar-refractivity contribution is -0.287. The van der Waals surface area contributed by atoms with Crippen molar-refractivity contribution in [1.82, 2.24) is 0 Å². The molecule has 0 aromatic heterocycles. The quantitative estimate of drug-likeness (QED) is 0.305. The average Bonchev–Trinajstić information content (AvgIpc) is 2.58. The molecule has 4 rings (SSSR count). The van der Waals surface area contributed by atoms with E-state index in [9.17, 15) is 31.5 Å². The van der Waals surface area contributed by atoms with Crippen LogP contribution in [-0.2, 0) is 19.1 Å². The molecule has 0 saturated heterocycles. The summed E-state index contributed by atoms with van der Waals surface area (Å²) in [6, 6.07) is 0. The molecule has 4 aliphatic rings. The number of carbonyl (C=O) groups excluding carboxylic acids is 2. The predicted octanol–water partition coefficient (Wildman–Crippen LogP) is 6.71. The lowest BCUT2D eigenvalue weighted by Gasteiger charge is -2.60. The minimum absolute atomic E-state index is 0. The van der Waals surface area contributed by atoms with Gasteiger partial charge in [0.15, 0.2) is 0 Å². The van der Waals surface area contributed by atoms with Gasteiger partial charge in [-0.1, -0.05) is 21.8 Å². The van der Waals surface area contributed by atoms with E-state index in [4.69, 9.17) is 9.47 Å². The molecule has 4 saturated carbocycles. The Morgan fingerprint density at radius 1 is 0.969 bits per heavy atom. The zero-order valence-corrected chi connectivity index (χ0v) is 17.5. The number of alkyl halides is 5. The summed E-state index contributed by atoms with van der Waals surface area (Å²) in [6.07, 6.45) is -3.25. The fraction of sp³-hybridized carbons (Fsp3) is 0.913. The van der Waals surface area contributed by atoms with E-state index < -0.39 is 47.5 Å². The SMILES string of the molecule is C.C.CCC(C)(C)C(=O)OC12CC3CC(C1)CC(C(=O)OCCC(F)(F)C(F)(F)F)(C3)C2. The number of rotatable bonds is 7. The van der Waals surface area contributed by atoms with Crippen LogP contribution in [0.4, 0.5) is 22.0 Å². The lowest BCUT2D eigenvalue weighted by atomic mass is 9.48. The van der Waals surface area contributed by atoms with Crippen LogP contribution in [0.15, 0.2) is 0 Å². The smallest absolute Gasteiger partial charge is 0.453 e. The van der Waals surface area contributed by atoms with Crippen LogP contribution in [0.3, 0.4) is 0 Å². The van der Waals surface area contributed by atoms with E-state index >= 15 is 0 Å². The Bertz CT molecular complexity index is 687. The van der Waals surface area contributed by atoms with Crippen molar-refractivity contribution in [3.8, 4) is 0 Å². The Morgan fingerprint density at radius 3 is 1.97 bits per heavy atom. The third-order valence-corrected chi connectivity index (χ3v) is 7.25. The van der Waals surface area contributed by atoms with Crippen molar-refractivity contribution in [3.05, 3.63) is 0 Å². The van der Waals surface area contributed by atoms with Crippen molar-refractivity contribution in [2.45, 2.75) is 105 Å². The second-order valence-corrected chi connectivity index (χ2v) is 10.1. The Labute approximate surface area is 187 Å². The van der Waals surface area contributed by atoms with Crippen LogP contribution in [-0.4, -0.2) is 36.2 Å². The molecule has 0 radical (unpaired) electrons. The Morgan fingerprint density at radius 2 is 1.50 bits per heavy atom. The predicted molar refractivity (Wildman–Crippen MR) is 110 cm³/mol. The van der Waals surface area contributed by atoms with Crippen molar-refractivity contribution >= 4 is 11.9 Å². The third kappa shape index (κ3) is 5.22. The highest BCUT2D eigenvalue weighted by Crippen LogP contribution is 2.63. The topological polar surface area (TPSA) is 52.6 Å². The van der Waals surface area contributed by atoms with Gasteiger partial charge < -0.3 is 9.47 Å². The number of ether oxygens (including phenoxy) is 2. The first-order chi connectivity index (χ1) is 13.6. The molecule has 4 fully saturated rings. The molecule has 0 heterocycles. The molecule has 0 spiro atoms. The maximum atomic E-state index is 13.1. The van der Waals surface area contributed by atoms with E-state index in [0.717, 1.165) is 6.42 Å². The average molecular weight is 473 g/mol. The van der Waals surface area contributed by atoms with Crippen LogP contribution < -0.4 is 0 Å². The molecule has 4 bridgehead atoms. The van der Waals surface area contributed by atoms with Gasteiger partial charge in [0.05, 0.1) is 23.9 Å². The van der Waals surface area contributed by atoms with E-state index in [-0.39, 0.29) is 39.1 Å². The minimum atomic E-state index is -5.68. The summed E-state index contributed by atoms with van der Waals surface area (Å²) in [5.74, 6) is -5.69. The van der Waals surface area contributed by atoms with Gasteiger partial charge in [0.2, 0.25) is 0 Å². The van der Waals surface area contributed by atoms with E-state index in [1.54, 1.807) is 13.8 Å². The molecule has 4 aliphatic carbocycles. The van der Waals surface area contributed by atoms with Gasteiger partial charge in [-0.05, 0) is 64.2 Å². The molecule has 0 N–H and O–H groups in total. The summed E-state index contributed by atoms with van der Waals surface area (Å²) < 4.78 is 74.1. The van der Waals surface area contributed by atoms with Crippen molar-refractivity contribution in [1.29, 1.82) is 0 Å². The number of hydrogen-bond donors (Lipinski definition) is 0. The zero-order valence-electron chi connectivity index (χ0n) is 17.5. The van der Waals surface area contributed by atoms with Gasteiger partial charge in [-0.2, -0.15) is 22.0 Å². The summed E-state index contributed by atoms with van der Waals surface area (Å²) in [5, 5.41) is 0. The molecule has 2 atom stereocenters. The monoisotopic (exact) mass is 472 g/mol. The van der Waals surface area contributed by atoms with Crippen molar-refractivity contribution in [3.63, 3.8) is 0 Å². The molecule has 9 heteroatoms. The van der Waals surface area contributed by atoms with E-state index in [0.29, 0.717) is 32.1 Å². The normalized spacial score (nSPS) is 31.4. The summed E-state index contributed by atoms with van der Waals surface area (Å²) in [7, 11) is 0. The first-order valence-electron chi connectivity index (χ1n) is 10.5. The maximum absolute atomic E-state index is 13.1. The Hall–Kier alpha value is -1.41. The van der Waals surface area contributed by atoms with Crippen LogP contribution in [0.25, 0.3) is 0 Å². The molecule has 4 nitrogen and oxygen atoms in total. The molecule has 2 unspecified atom stereocenters. The van der Waals surface area contributed by atoms with Crippen molar-refractivity contribution in [2.75, 3.05) is 6.61 Å². The molecule has 0 amide bonds. The Kier molecular flexibility index (Phi) is 8.13. The lowest BCUT2D eigenvalue weighted by Crippen LogP contribution is -2.60. The zero-order chi connectivity index (χ0) is 22.6. The van der Waals surface area contributed by atoms with Gasteiger partial charge in [-0.15, -0.1) is 0 Å². The van der Waals surface area contributed by atoms with Gasteiger partial charge in [0, 0.05) is 6.42 Å². The summed E-state index contributed by atoms with van der Waals surface area (Å²) in [5.41, 5.74) is -2.43. The molecule has 0 aromatic rings. The van der Waals surface area contributed by atoms with Crippen molar-refractivity contribution in [2.24, 2.45) is 22.7 Å². The highest BCUT2D eigenvalue weighted by Gasteiger charge is 2.63. The Balaban J connectivity index is 0.00000256. The molecular formula is C23H37F5O4. The standard InChI is InChI=1S/C21H29F5O4.2CH4/c1-4-17(2,3)15(27)30-19-10-13-7-14(11-19)9-18(8-13,12-19)16(28)29-6-5-20(22,23)21(24,25)26;;/h13-14H,4-12H2,1-3H3;2*1H4. The minimum Gasteiger partial charge on any atom is -0.465 e. The van der Waals surface area contributed by atoms with Crippen LogP contribution in [0.5, 0.6) is 0 Å². The highest BCUT2D eigenvalue weighted by molar-refractivity contribution is 5.79. The molecule has 0 aliphatic heterocycles. The van der Waals surface area contributed by atoms with Crippen LogP contribution in [0.2, 0.25) is 0 Å². The fourth-order valence-corrected chi connectivity index (χ4v) is 5.58. The van der Waals surface area contributed by atoms with Crippen molar-refractivity contribution < 1.29 is 41.0 Å². The molecule has 0 aromatic carbocycles. The van der Waals surface area contributed by atoms with Crippen LogP contribution >= 0.6 is 0 Å². The van der Waals surface area contributed by atoms with E-state index in [2.05, 4.69) is 0 Å². The fourth-order valence-electron chi connectivity index (χ4n) is 5.58. The summed E-state index contributed by atoms with van der Waals surface area (Å²) in [6.45, 7) is 4.47. The summed E-state index contributed by atoms with van der Waals surface area (Å²) >= 11 is 0. The first-order valence-corrected chi connectivity index (χ1v) is 10.5. The number of carbonyl (C=O) groups is 2. The highest BCUT2D eigenvalue weighted by atomic mass is 19.4. The second-order valence-electron chi connectivity index (χ2n) is 10.1. The van der Waals surface area contributed by atoms with Crippen LogP contribution in [0, 0.1) is 22.7 Å². The second kappa shape index (κ2) is 9.09. The van der Waals surface area contributed by atoms with Gasteiger partial charge in [0.1, 0.15) is 5.60 Å². The van der Waals surface area contributed by atoms with Gasteiger partial charge in [-0.3, -0.25) is 9.59 Å². The molecule has 188 valence electrons. The summed E-state index contributed by atoms with van der Waals surface area (Å²) in [4.78, 5) is 25.5. The number of hydrogen-bond acceptors (Lipinski definition) is 4. The molecular weight excluding hydrogens is 435 g/mol. The van der Waals surface area contributed by atoms with E-state index in [1.165, 1.54) is 0 Å². The van der Waals surface area contributed by atoms with Gasteiger partial charge in [0.25, 0.3) is 0 Å². The third-order valence-electron chi connectivity index (χ3n) is 7.25. The number of halogens is 5. The maximum Gasteiger partial charge on any atom is 0.453 e. The first kappa shape index (κ1) is 28.6. The largest absolute Gasteiger partial charge is 0.465 e. The van der Waals surface area contributed by atoms with Crippen LogP contribution in [0.1, 0.15) is 87.0 Å². The van der Waals surface area contributed by atoms with Gasteiger partial charge >= 0.3 is 24.0 Å². The molecule has 32 heavy (non-hydrogen) atoms.